The van der Waals surface area contributed by atoms with E-state index in [0.717, 1.165) is 37.2 Å². The number of carbonyl (C=O) groups excluding carboxylic acids is 2. The first-order valence-electron chi connectivity index (χ1n) is 13.1. The van der Waals surface area contributed by atoms with Gasteiger partial charge in [0, 0.05) is 50.2 Å². The zero-order chi connectivity index (χ0) is 26.3. The van der Waals surface area contributed by atoms with Gasteiger partial charge in [-0.1, -0.05) is 42.5 Å². The number of nitrogen functional groups attached to an aromatic ring is 1. The molecule has 0 unspecified atom stereocenters. The van der Waals surface area contributed by atoms with Crippen LogP contribution in [0.1, 0.15) is 24.8 Å². The molecule has 38 heavy (non-hydrogen) atoms. The molecular weight excluding hydrogens is 480 g/mol. The van der Waals surface area contributed by atoms with Crippen LogP contribution in [0.3, 0.4) is 0 Å². The number of phenols is 1. The molecule has 3 aliphatic heterocycles. The molecule has 3 N–H and O–H groups in total. The van der Waals surface area contributed by atoms with E-state index in [1.807, 2.05) is 40.1 Å². The molecule has 4 heterocycles. The van der Waals surface area contributed by atoms with Gasteiger partial charge in [0.05, 0.1) is 16.8 Å². The van der Waals surface area contributed by atoms with Crippen molar-refractivity contribution in [3.8, 4) is 17.0 Å². The van der Waals surface area contributed by atoms with Crippen molar-refractivity contribution in [3.05, 3.63) is 66.2 Å². The Labute approximate surface area is 221 Å². The molecule has 3 fully saturated rings. The van der Waals surface area contributed by atoms with E-state index in [4.69, 9.17) is 5.73 Å². The number of nitrogens with zero attached hydrogens (tertiary/aromatic N) is 5. The molecule has 2 aromatic carbocycles. The van der Waals surface area contributed by atoms with Crippen LogP contribution in [0.25, 0.3) is 11.3 Å². The van der Waals surface area contributed by atoms with E-state index >= 15 is 0 Å². The van der Waals surface area contributed by atoms with Crippen molar-refractivity contribution in [1.29, 1.82) is 0 Å². The molecule has 3 saturated heterocycles. The van der Waals surface area contributed by atoms with Gasteiger partial charge >= 0.3 is 0 Å². The van der Waals surface area contributed by atoms with Crippen LogP contribution in [0.5, 0.6) is 5.75 Å². The summed E-state index contributed by atoms with van der Waals surface area (Å²) in [5.74, 6) is 0.637. The molecule has 0 bridgehead atoms. The van der Waals surface area contributed by atoms with Crippen LogP contribution < -0.4 is 10.6 Å². The molecule has 9 heteroatoms. The third-order valence-corrected chi connectivity index (χ3v) is 8.63. The van der Waals surface area contributed by atoms with Crippen molar-refractivity contribution >= 4 is 23.8 Å². The Morgan fingerprint density at radius 1 is 0.921 bits per heavy atom. The van der Waals surface area contributed by atoms with E-state index in [-0.39, 0.29) is 17.1 Å². The van der Waals surface area contributed by atoms with Crippen molar-refractivity contribution in [2.45, 2.75) is 24.7 Å². The Morgan fingerprint density at radius 3 is 2.32 bits per heavy atom. The number of nitrogens with two attached hydrogens (primary N) is 1. The van der Waals surface area contributed by atoms with Gasteiger partial charge in [-0.15, -0.1) is 10.2 Å². The topological polar surface area (TPSA) is 116 Å². The zero-order valence-corrected chi connectivity index (χ0v) is 21.3. The molecule has 0 radical (unpaired) electrons. The Hall–Kier alpha value is -4.14. The summed E-state index contributed by atoms with van der Waals surface area (Å²) in [4.78, 5) is 31.3. The second-order valence-electron chi connectivity index (χ2n) is 10.9. The molecule has 0 atom stereocenters. The highest BCUT2D eigenvalue weighted by Crippen LogP contribution is 2.45. The van der Waals surface area contributed by atoms with Crippen molar-refractivity contribution < 1.29 is 14.7 Å². The molecule has 9 nitrogen and oxygen atoms in total. The lowest BCUT2D eigenvalue weighted by atomic mass is 9.69. The Kier molecular flexibility index (Phi) is 5.93. The summed E-state index contributed by atoms with van der Waals surface area (Å²) in [5.41, 5.74) is 8.65. The summed E-state index contributed by atoms with van der Waals surface area (Å²) >= 11 is 0. The second-order valence-corrected chi connectivity index (χ2v) is 10.9. The number of phenolic OH excluding ortho intramolecular Hbond substituents is 1. The number of rotatable bonds is 5. The number of carbonyl (C=O) groups is 2. The quantitative estimate of drug-likeness (QED) is 0.505. The monoisotopic (exact) mass is 512 g/mol. The average molecular weight is 513 g/mol. The van der Waals surface area contributed by atoms with Crippen LogP contribution in [0.2, 0.25) is 0 Å². The normalized spacial score (nSPS) is 19.8. The first kappa shape index (κ1) is 24.2. The SMILES string of the molecule is Nc1nnc(-c2ccccc2O)cc1N1CCC(C(=O)N2CC3(CCN(C=O)C3)C2)(c2ccccc2)CC1. The van der Waals surface area contributed by atoms with E-state index in [1.54, 1.807) is 18.2 Å². The fourth-order valence-corrected chi connectivity index (χ4v) is 6.51. The Bertz CT molecular complexity index is 1350. The summed E-state index contributed by atoms with van der Waals surface area (Å²) in [6, 6.07) is 19.0. The fourth-order valence-electron chi connectivity index (χ4n) is 6.51. The number of amides is 2. The van der Waals surface area contributed by atoms with Gasteiger partial charge in [-0.05, 0) is 43.0 Å². The first-order chi connectivity index (χ1) is 18.4. The smallest absolute Gasteiger partial charge is 0.233 e. The highest BCUT2D eigenvalue weighted by molar-refractivity contribution is 5.90. The van der Waals surface area contributed by atoms with Crippen molar-refractivity contribution in [2.24, 2.45) is 5.41 Å². The maximum absolute atomic E-state index is 14.1. The maximum Gasteiger partial charge on any atom is 0.233 e. The number of hydrogen-bond acceptors (Lipinski definition) is 7. The number of para-hydroxylation sites is 1. The molecule has 1 spiro atoms. The van der Waals surface area contributed by atoms with Gasteiger partial charge in [-0.2, -0.15) is 0 Å². The summed E-state index contributed by atoms with van der Waals surface area (Å²) < 4.78 is 0. The highest BCUT2D eigenvalue weighted by Gasteiger charge is 2.54. The van der Waals surface area contributed by atoms with Crippen LogP contribution in [-0.2, 0) is 15.0 Å². The molecule has 3 aliphatic rings. The number of aromatic nitrogens is 2. The lowest BCUT2D eigenvalue weighted by Gasteiger charge is -2.52. The molecule has 0 aliphatic carbocycles. The van der Waals surface area contributed by atoms with Gasteiger partial charge in [0.25, 0.3) is 0 Å². The number of aromatic hydroxyl groups is 1. The standard InChI is InChI=1S/C29H32N6O3/c30-26-24(16-23(31-32-26)22-8-4-5-9-25(22)37)34-14-11-29(12-15-34,21-6-2-1-3-7-21)27(38)35-18-28(19-35)10-13-33(17-28)20-36/h1-9,16,20,37H,10-15,17-19H2,(H2,30,32). The predicted octanol–water partition coefficient (Wildman–Crippen LogP) is 2.66. The minimum atomic E-state index is -0.613. The minimum Gasteiger partial charge on any atom is -0.507 e. The van der Waals surface area contributed by atoms with E-state index < -0.39 is 5.41 Å². The summed E-state index contributed by atoms with van der Waals surface area (Å²) in [6.07, 6.45) is 3.17. The molecule has 6 rings (SSSR count). The molecule has 2 amide bonds. The second kappa shape index (κ2) is 9.31. The van der Waals surface area contributed by atoms with Gasteiger partial charge in [-0.25, -0.2) is 0 Å². The third kappa shape index (κ3) is 4.02. The summed E-state index contributed by atoms with van der Waals surface area (Å²) in [5, 5.41) is 18.7. The van der Waals surface area contributed by atoms with E-state index in [9.17, 15) is 14.7 Å². The third-order valence-electron chi connectivity index (χ3n) is 8.63. The molecule has 0 saturated carbocycles. The van der Waals surface area contributed by atoms with Crippen molar-refractivity contribution in [3.63, 3.8) is 0 Å². The van der Waals surface area contributed by atoms with Crippen LogP contribution in [0.4, 0.5) is 11.5 Å². The van der Waals surface area contributed by atoms with Gasteiger partial charge in [0.15, 0.2) is 5.82 Å². The largest absolute Gasteiger partial charge is 0.507 e. The van der Waals surface area contributed by atoms with Crippen LogP contribution in [0.15, 0.2) is 60.7 Å². The molecule has 3 aromatic rings. The maximum atomic E-state index is 14.1. The highest BCUT2D eigenvalue weighted by atomic mass is 16.3. The Morgan fingerprint density at radius 2 is 1.63 bits per heavy atom. The fraction of sp³-hybridized carbons (Fsp3) is 0.379. The van der Waals surface area contributed by atoms with E-state index in [1.165, 1.54) is 0 Å². The van der Waals surface area contributed by atoms with E-state index in [2.05, 4.69) is 27.2 Å². The number of likely N-dealkylation sites (tertiary alicyclic amines) is 2. The average Bonchev–Trinajstić information content (AvgIpc) is 3.38. The van der Waals surface area contributed by atoms with E-state index in [0.29, 0.717) is 56.1 Å². The lowest BCUT2D eigenvalue weighted by Crippen LogP contribution is -2.64. The van der Waals surface area contributed by atoms with Crippen LogP contribution in [0, 0.1) is 5.41 Å². The van der Waals surface area contributed by atoms with Gasteiger partial charge in [0.2, 0.25) is 12.3 Å². The first-order valence-corrected chi connectivity index (χ1v) is 13.1. The lowest BCUT2D eigenvalue weighted by molar-refractivity contribution is -0.150. The molecular formula is C29H32N6O3. The zero-order valence-electron chi connectivity index (χ0n) is 21.3. The van der Waals surface area contributed by atoms with Crippen molar-refractivity contribution in [1.82, 2.24) is 20.0 Å². The predicted molar refractivity (Wildman–Crippen MR) is 144 cm³/mol. The van der Waals surface area contributed by atoms with Gasteiger partial charge in [-0.3, -0.25) is 9.59 Å². The van der Waals surface area contributed by atoms with Crippen molar-refractivity contribution in [2.75, 3.05) is 49.9 Å². The minimum absolute atomic E-state index is 0.0473. The number of hydrogen-bond donors (Lipinski definition) is 2. The Balaban J connectivity index is 1.24. The number of anilines is 2. The van der Waals surface area contributed by atoms with Gasteiger partial charge < -0.3 is 25.5 Å². The molecule has 1 aromatic heterocycles. The van der Waals surface area contributed by atoms with Gasteiger partial charge in [0.1, 0.15) is 5.75 Å². The number of benzene rings is 2. The van der Waals surface area contributed by atoms with Crippen LogP contribution >= 0.6 is 0 Å². The number of piperidine rings is 1. The summed E-state index contributed by atoms with van der Waals surface area (Å²) in [6.45, 7) is 4.19. The summed E-state index contributed by atoms with van der Waals surface area (Å²) in [7, 11) is 0. The molecule has 196 valence electrons. The van der Waals surface area contributed by atoms with Crippen LogP contribution in [-0.4, -0.2) is 76.7 Å².